The predicted octanol–water partition coefficient (Wildman–Crippen LogP) is 2.90. The van der Waals surface area contributed by atoms with E-state index in [2.05, 4.69) is 0 Å². The molecule has 0 spiro atoms. The first-order chi connectivity index (χ1) is 5.24. The standard InChI is InChI=1S/C9H13FO/c1-2-9(10)7-3-5-8(11)6-4-7/h3,5,9,11H,2,4,6H2,1H3. The van der Waals surface area contributed by atoms with Crippen LogP contribution in [0, 0.1) is 0 Å². The summed E-state index contributed by atoms with van der Waals surface area (Å²) >= 11 is 0. The molecule has 0 radical (unpaired) electrons. The van der Waals surface area contributed by atoms with Gasteiger partial charge in [0.05, 0.1) is 5.76 Å². The van der Waals surface area contributed by atoms with Crippen LogP contribution in [-0.2, 0) is 0 Å². The second-order valence-corrected chi connectivity index (χ2v) is 2.78. The number of rotatable bonds is 2. The lowest BCUT2D eigenvalue weighted by Crippen LogP contribution is -2.05. The fraction of sp³-hybridized carbons (Fsp3) is 0.556. The average Bonchev–Trinajstić information content (AvgIpc) is 2.05. The molecule has 0 bridgehead atoms. The van der Waals surface area contributed by atoms with Gasteiger partial charge in [0.1, 0.15) is 6.17 Å². The summed E-state index contributed by atoms with van der Waals surface area (Å²) < 4.78 is 13.0. The van der Waals surface area contributed by atoms with E-state index in [-0.39, 0.29) is 0 Å². The number of hydrogen-bond donors (Lipinski definition) is 1. The van der Waals surface area contributed by atoms with Crippen LogP contribution in [0.1, 0.15) is 26.2 Å². The Morgan fingerprint density at radius 3 is 2.73 bits per heavy atom. The molecule has 1 aliphatic rings. The van der Waals surface area contributed by atoms with Crippen molar-refractivity contribution in [3.63, 3.8) is 0 Å². The molecule has 1 aliphatic carbocycles. The Labute approximate surface area is 66.2 Å². The highest BCUT2D eigenvalue weighted by atomic mass is 19.1. The Hall–Kier alpha value is -0.790. The van der Waals surface area contributed by atoms with Crippen LogP contribution in [0.25, 0.3) is 0 Å². The van der Waals surface area contributed by atoms with Crippen LogP contribution in [0.2, 0.25) is 0 Å². The summed E-state index contributed by atoms with van der Waals surface area (Å²) in [6, 6.07) is 0. The summed E-state index contributed by atoms with van der Waals surface area (Å²) in [6.45, 7) is 1.82. The monoisotopic (exact) mass is 156 g/mol. The van der Waals surface area contributed by atoms with Gasteiger partial charge in [-0.25, -0.2) is 4.39 Å². The van der Waals surface area contributed by atoms with Gasteiger partial charge in [-0.1, -0.05) is 13.0 Å². The second kappa shape index (κ2) is 3.56. The molecule has 11 heavy (non-hydrogen) atoms. The van der Waals surface area contributed by atoms with Crippen LogP contribution in [-0.4, -0.2) is 11.3 Å². The molecule has 0 aliphatic heterocycles. The summed E-state index contributed by atoms with van der Waals surface area (Å²) in [6.07, 6.45) is 4.23. The van der Waals surface area contributed by atoms with Crippen molar-refractivity contribution in [3.8, 4) is 0 Å². The van der Waals surface area contributed by atoms with Gasteiger partial charge in [0.25, 0.3) is 0 Å². The minimum atomic E-state index is -0.820. The largest absolute Gasteiger partial charge is 0.512 e. The van der Waals surface area contributed by atoms with E-state index in [9.17, 15) is 4.39 Å². The van der Waals surface area contributed by atoms with Gasteiger partial charge in [0.15, 0.2) is 0 Å². The van der Waals surface area contributed by atoms with Gasteiger partial charge in [-0.15, -0.1) is 0 Å². The highest BCUT2D eigenvalue weighted by Crippen LogP contribution is 2.22. The number of alkyl halides is 1. The molecule has 0 heterocycles. The fourth-order valence-corrected chi connectivity index (χ4v) is 1.17. The van der Waals surface area contributed by atoms with Crippen molar-refractivity contribution in [1.82, 2.24) is 0 Å². The summed E-state index contributed by atoms with van der Waals surface area (Å²) in [4.78, 5) is 0. The van der Waals surface area contributed by atoms with Crippen LogP contribution in [0.4, 0.5) is 4.39 Å². The van der Waals surface area contributed by atoms with Crippen LogP contribution >= 0.6 is 0 Å². The van der Waals surface area contributed by atoms with E-state index in [1.807, 2.05) is 6.92 Å². The van der Waals surface area contributed by atoms with Crippen LogP contribution < -0.4 is 0 Å². The van der Waals surface area contributed by atoms with Gasteiger partial charge in [-0.3, -0.25) is 0 Å². The molecule has 0 aromatic rings. The molecule has 0 amide bonds. The van der Waals surface area contributed by atoms with E-state index in [1.54, 1.807) is 12.2 Å². The third kappa shape index (κ3) is 2.07. The van der Waals surface area contributed by atoms with Crippen molar-refractivity contribution in [2.45, 2.75) is 32.4 Å². The van der Waals surface area contributed by atoms with Gasteiger partial charge < -0.3 is 5.11 Å². The normalized spacial score (nSPS) is 20.5. The fourth-order valence-electron chi connectivity index (χ4n) is 1.17. The number of aliphatic hydroxyl groups is 1. The minimum absolute atomic E-state index is 0.358. The molecule has 0 fully saturated rings. The summed E-state index contributed by atoms with van der Waals surface area (Å²) in [7, 11) is 0. The van der Waals surface area contributed by atoms with E-state index < -0.39 is 6.17 Å². The predicted molar refractivity (Wildman–Crippen MR) is 43.2 cm³/mol. The van der Waals surface area contributed by atoms with E-state index in [1.165, 1.54) is 0 Å². The topological polar surface area (TPSA) is 20.2 Å². The van der Waals surface area contributed by atoms with E-state index >= 15 is 0 Å². The molecular formula is C9H13FO. The quantitative estimate of drug-likeness (QED) is 0.651. The maximum atomic E-state index is 13.0. The molecule has 62 valence electrons. The maximum absolute atomic E-state index is 13.0. The van der Waals surface area contributed by atoms with Crippen molar-refractivity contribution in [3.05, 3.63) is 23.5 Å². The van der Waals surface area contributed by atoms with Gasteiger partial charge >= 0.3 is 0 Å². The van der Waals surface area contributed by atoms with Crippen LogP contribution in [0.5, 0.6) is 0 Å². The lowest BCUT2D eigenvalue weighted by Gasteiger charge is -2.13. The van der Waals surface area contributed by atoms with E-state index in [0.717, 1.165) is 5.57 Å². The van der Waals surface area contributed by atoms with Gasteiger partial charge in [-0.05, 0) is 24.5 Å². The highest BCUT2D eigenvalue weighted by Gasteiger charge is 2.12. The SMILES string of the molecule is CCC(F)C1=CC=C(O)CC1. The molecule has 1 rings (SSSR count). The molecule has 0 aromatic heterocycles. The van der Waals surface area contributed by atoms with Crippen molar-refractivity contribution >= 4 is 0 Å². The van der Waals surface area contributed by atoms with E-state index in [0.29, 0.717) is 25.0 Å². The number of halogens is 1. The summed E-state index contributed by atoms with van der Waals surface area (Å²) in [5, 5.41) is 8.98. The second-order valence-electron chi connectivity index (χ2n) is 2.78. The Morgan fingerprint density at radius 2 is 2.27 bits per heavy atom. The Kier molecular flexibility index (Phi) is 2.69. The highest BCUT2D eigenvalue weighted by molar-refractivity contribution is 5.23. The Balaban J connectivity index is 2.60. The van der Waals surface area contributed by atoms with Gasteiger partial charge in [0, 0.05) is 6.42 Å². The molecule has 2 heteroatoms. The lowest BCUT2D eigenvalue weighted by molar-refractivity contribution is 0.346. The Morgan fingerprint density at radius 1 is 1.55 bits per heavy atom. The summed E-state index contributed by atoms with van der Waals surface area (Å²) in [5.74, 6) is 0.358. The van der Waals surface area contributed by atoms with Crippen molar-refractivity contribution in [2.24, 2.45) is 0 Å². The first-order valence-electron chi connectivity index (χ1n) is 3.96. The summed E-state index contributed by atoms with van der Waals surface area (Å²) in [5.41, 5.74) is 0.810. The number of aliphatic hydroxyl groups excluding tert-OH is 1. The smallest absolute Gasteiger partial charge is 0.121 e. The molecule has 0 saturated heterocycles. The zero-order valence-electron chi connectivity index (χ0n) is 6.68. The zero-order chi connectivity index (χ0) is 8.27. The minimum Gasteiger partial charge on any atom is -0.512 e. The number of hydrogen-bond acceptors (Lipinski definition) is 1. The lowest BCUT2D eigenvalue weighted by atomic mass is 9.98. The molecule has 1 unspecified atom stereocenters. The first-order valence-corrected chi connectivity index (χ1v) is 3.96. The van der Waals surface area contributed by atoms with E-state index in [4.69, 9.17) is 5.11 Å². The van der Waals surface area contributed by atoms with Gasteiger partial charge in [-0.2, -0.15) is 0 Å². The van der Waals surface area contributed by atoms with Crippen molar-refractivity contribution < 1.29 is 9.50 Å². The molecule has 1 atom stereocenters. The molecule has 0 aromatic carbocycles. The first kappa shape index (κ1) is 8.31. The third-order valence-electron chi connectivity index (χ3n) is 1.92. The van der Waals surface area contributed by atoms with Crippen LogP contribution in [0.3, 0.4) is 0 Å². The molecule has 1 nitrogen and oxygen atoms in total. The molecule has 1 N–H and O–H groups in total. The van der Waals surface area contributed by atoms with Gasteiger partial charge in [0.2, 0.25) is 0 Å². The Bertz CT molecular complexity index is 194. The van der Waals surface area contributed by atoms with Crippen molar-refractivity contribution in [1.29, 1.82) is 0 Å². The number of allylic oxidation sites excluding steroid dienone is 4. The molecule has 0 saturated carbocycles. The molecular weight excluding hydrogens is 143 g/mol. The van der Waals surface area contributed by atoms with Crippen LogP contribution in [0.15, 0.2) is 23.5 Å². The third-order valence-corrected chi connectivity index (χ3v) is 1.92. The maximum Gasteiger partial charge on any atom is 0.121 e. The average molecular weight is 156 g/mol. The zero-order valence-corrected chi connectivity index (χ0v) is 6.68. The van der Waals surface area contributed by atoms with Crippen molar-refractivity contribution in [2.75, 3.05) is 0 Å².